The molecule has 3 heteroatoms. The van der Waals surface area contributed by atoms with Crippen LogP contribution in [-0.4, -0.2) is 16.2 Å². The Balaban J connectivity index is 1.95. The molecule has 3 nitrogen and oxygen atoms in total. The number of aromatic nitrogens is 2. The van der Waals surface area contributed by atoms with Gasteiger partial charge in [-0.15, -0.1) is 0 Å². The molecular weight excluding hydrogens is 222 g/mol. The molecule has 1 aliphatic rings. The Morgan fingerprint density at radius 1 is 1.17 bits per heavy atom. The summed E-state index contributed by atoms with van der Waals surface area (Å²) in [5, 5.41) is 11.0. The van der Waals surface area contributed by atoms with E-state index in [1.165, 1.54) is 37.8 Å². The normalized spacial score (nSPS) is 25.2. The van der Waals surface area contributed by atoms with Crippen LogP contribution in [0.3, 0.4) is 0 Å². The minimum Gasteiger partial charge on any atom is -0.379 e. The van der Waals surface area contributed by atoms with Gasteiger partial charge in [-0.2, -0.15) is 5.10 Å². The van der Waals surface area contributed by atoms with Gasteiger partial charge in [0, 0.05) is 6.04 Å². The summed E-state index contributed by atoms with van der Waals surface area (Å²) in [5.74, 6) is 1.75. The van der Waals surface area contributed by atoms with Crippen molar-refractivity contribution in [1.82, 2.24) is 10.2 Å². The van der Waals surface area contributed by atoms with Gasteiger partial charge in [0.2, 0.25) is 0 Å². The van der Waals surface area contributed by atoms with Gasteiger partial charge in [0.25, 0.3) is 0 Å². The van der Waals surface area contributed by atoms with Gasteiger partial charge in [0.1, 0.15) is 0 Å². The summed E-state index contributed by atoms with van der Waals surface area (Å²) in [6.45, 7) is 8.89. The van der Waals surface area contributed by atoms with Crippen molar-refractivity contribution in [2.45, 2.75) is 65.8 Å². The fourth-order valence-electron chi connectivity index (χ4n) is 3.11. The molecule has 2 atom stereocenters. The number of H-pyrrole nitrogens is 1. The van der Waals surface area contributed by atoms with Crippen LogP contribution in [0.4, 0.5) is 5.69 Å². The lowest BCUT2D eigenvalue weighted by Gasteiger charge is -2.20. The van der Waals surface area contributed by atoms with Crippen LogP contribution in [0.2, 0.25) is 0 Å². The number of anilines is 1. The van der Waals surface area contributed by atoms with Gasteiger partial charge < -0.3 is 5.32 Å². The Hall–Kier alpha value is -0.990. The molecule has 1 aliphatic carbocycles. The summed E-state index contributed by atoms with van der Waals surface area (Å²) in [7, 11) is 0. The molecule has 0 spiro atoms. The predicted molar refractivity (Wildman–Crippen MR) is 76.9 cm³/mol. The van der Waals surface area contributed by atoms with Crippen molar-refractivity contribution in [3.63, 3.8) is 0 Å². The summed E-state index contributed by atoms with van der Waals surface area (Å²) < 4.78 is 0. The van der Waals surface area contributed by atoms with E-state index in [1.54, 1.807) is 0 Å². The lowest BCUT2D eigenvalue weighted by molar-refractivity contribution is 0.341. The Morgan fingerprint density at radius 2 is 1.94 bits per heavy atom. The lowest BCUT2D eigenvalue weighted by Crippen LogP contribution is -2.19. The zero-order valence-corrected chi connectivity index (χ0v) is 12.2. The smallest absolute Gasteiger partial charge is 0.0825 e. The SMILES string of the molecule is Cc1n[nH]c(C)c1NC1CCCC(C(C)C)CC1. The minimum atomic E-state index is 0.628. The van der Waals surface area contributed by atoms with E-state index in [-0.39, 0.29) is 0 Å². The van der Waals surface area contributed by atoms with Crippen LogP contribution >= 0.6 is 0 Å². The first-order valence-corrected chi connectivity index (χ1v) is 7.36. The monoisotopic (exact) mass is 249 g/mol. The number of aromatic amines is 1. The highest BCUT2D eigenvalue weighted by Gasteiger charge is 2.21. The molecule has 1 heterocycles. The average molecular weight is 249 g/mol. The Bertz CT molecular complexity index is 362. The molecule has 1 aromatic heterocycles. The van der Waals surface area contributed by atoms with Gasteiger partial charge in [-0.1, -0.05) is 26.7 Å². The second kappa shape index (κ2) is 5.77. The predicted octanol–water partition coefficient (Wildman–Crippen LogP) is 4.04. The van der Waals surface area contributed by atoms with E-state index in [0.29, 0.717) is 6.04 Å². The molecule has 102 valence electrons. The van der Waals surface area contributed by atoms with Crippen molar-refractivity contribution in [3.05, 3.63) is 11.4 Å². The van der Waals surface area contributed by atoms with E-state index in [2.05, 4.69) is 43.2 Å². The molecule has 2 rings (SSSR count). The van der Waals surface area contributed by atoms with E-state index < -0.39 is 0 Å². The maximum absolute atomic E-state index is 4.26. The molecule has 0 aliphatic heterocycles. The molecule has 0 aromatic carbocycles. The van der Waals surface area contributed by atoms with Gasteiger partial charge in [0.15, 0.2) is 0 Å². The first-order valence-electron chi connectivity index (χ1n) is 7.36. The minimum absolute atomic E-state index is 0.628. The Morgan fingerprint density at radius 3 is 2.56 bits per heavy atom. The standard InChI is InChI=1S/C15H27N3/c1-10(2)13-6-5-7-14(9-8-13)16-15-11(3)17-18-12(15)4/h10,13-14,16H,5-9H2,1-4H3,(H,17,18). The molecule has 1 saturated carbocycles. The largest absolute Gasteiger partial charge is 0.379 e. The number of nitrogens with zero attached hydrogens (tertiary/aromatic N) is 1. The first kappa shape index (κ1) is 13.4. The van der Waals surface area contributed by atoms with Crippen LogP contribution in [0.25, 0.3) is 0 Å². The molecule has 0 bridgehead atoms. The zero-order valence-electron chi connectivity index (χ0n) is 12.2. The van der Waals surface area contributed by atoms with Crippen LogP contribution in [0.1, 0.15) is 57.3 Å². The molecular formula is C15H27N3. The summed E-state index contributed by atoms with van der Waals surface area (Å²) in [4.78, 5) is 0. The van der Waals surface area contributed by atoms with Gasteiger partial charge in [-0.3, -0.25) is 5.10 Å². The van der Waals surface area contributed by atoms with Crippen molar-refractivity contribution in [1.29, 1.82) is 0 Å². The Labute approximate surface area is 111 Å². The first-order chi connectivity index (χ1) is 8.58. The molecule has 1 fully saturated rings. The number of aryl methyl sites for hydroxylation is 2. The quantitative estimate of drug-likeness (QED) is 0.794. The fourth-order valence-corrected chi connectivity index (χ4v) is 3.11. The van der Waals surface area contributed by atoms with Crippen molar-refractivity contribution < 1.29 is 0 Å². The molecule has 1 aromatic rings. The van der Waals surface area contributed by atoms with Crippen LogP contribution in [-0.2, 0) is 0 Å². The van der Waals surface area contributed by atoms with Crippen LogP contribution < -0.4 is 5.32 Å². The summed E-state index contributed by atoms with van der Waals surface area (Å²) >= 11 is 0. The third-order valence-electron chi connectivity index (χ3n) is 4.43. The number of rotatable bonds is 3. The van der Waals surface area contributed by atoms with Crippen LogP contribution in [0, 0.1) is 25.7 Å². The molecule has 2 N–H and O–H groups in total. The van der Waals surface area contributed by atoms with Crippen LogP contribution in [0.5, 0.6) is 0 Å². The topological polar surface area (TPSA) is 40.7 Å². The fraction of sp³-hybridized carbons (Fsp3) is 0.800. The summed E-state index contributed by atoms with van der Waals surface area (Å²) in [6, 6.07) is 0.628. The number of hydrogen-bond donors (Lipinski definition) is 2. The average Bonchev–Trinajstić information content (AvgIpc) is 2.57. The second-order valence-corrected chi connectivity index (χ2v) is 6.16. The van der Waals surface area contributed by atoms with Crippen molar-refractivity contribution in [2.75, 3.05) is 5.32 Å². The van der Waals surface area contributed by atoms with E-state index in [9.17, 15) is 0 Å². The molecule has 0 saturated heterocycles. The maximum Gasteiger partial charge on any atom is 0.0825 e. The summed E-state index contributed by atoms with van der Waals surface area (Å²) in [6.07, 6.45) is 6.72. The second-order valence-electron chi connectivity index (χ2n) is 6.16. The molecule has 0 amide bonds. The van der Waals surface area contributed by atoms with Crippen molar-refractivity contribution >= 4 is 5.69 Å². The third kappa shape index (κ3) is 3.06. The Kier molecular flexibility index (Phi) is 4.31. The highest BCUT2D eigenvalue weighted by Crippen LogP contribution is 2.30. The van der Waals surface area contributed by atoms with E-state index in [1.807, 2.05) is 0 Å². The van der Waals surface area contributed by atoms with Crippen molar-refractivity contribution in [3.8, 4) is 0 Å². The highest BCUT2D eigenvalue weighted by molar-refractivity contribution is 5.52. The van der Waals surface area contributed by atoms with Gasteiger partial charge >= 0.3 is 0 Å². The van der Waals surface area contributed by atoms with E-state index in [4.69, 9.17) is 0 Å². The van der Waals surface area contributed by atoms with E-state index in [0.717, 1.165) is 23.2 Å². The molecule has 18 heavy (non-hydrogen) atoms. The molecule has 0 radical (unpaired) electrons. The lowest BCUT2D eigenvalue weighted by atomic mass is 9.89. The zero-order chi connectivity index (χ0) is 13.1. The van der Waals surface area contributed by atoms with Crippen LogP contribution in [0.15, 0.2) is 0 Å². The summed E-state index contributed by atoms with van der Waals surface area (Å²) in [5.41, 5.74) is 3.48. The highest BCUT2D eigenvalue weighted by atomic mass is 15.2. The van der Waals surface area contributed by atoms with E-state index >= 15 is 0 Å². The van der Waals surface area contributed by atoms with Crippen molar-refractivity contribution in [2.24, 2.45) is 11.8 Å². The third-order valence-corrected chi connectivity index (χ3v) is 4.43. The number of nitrogens with one attached hydrogen (secondary N) is 2. The molecule has 2 unspecified atom stereocenters. The maximum atomic E-state index is 4.26. The van der Waals surface area contributed by atoms with Gasteiger partial charge in [-0.25, -0.2) is 0 Å². The van der Waals surface area contributed by atoms with Gasteiger partial charge in [0.05, 0.1) is 17.1 Å². The number of hydrogen-bond acceptors (Lipinski definition) is 2. The van der Waals surface area contributed by atoms with Gasteiger partial charge in [-0.05, 0) is 44.9 Å².